The van der Waals surface area contributed by atoms with Gasteiger partial charge in [0.05, 0.1) is 11.9 Å². The van der Waals surface area contributed by atoms with Crippen LogP contribution in [0.1, 0.15) is 12.0 Å². The Hall–Kier alpha value is -1.76. The Bertz CT molecular complexity index is 762. The van der Waals surface area contributed by atoms with Gasteiger partial charge in [0.15, 0.2) is 0 Å². The number of sulfonamides is 1. The van der Waals surface area contributed by atoms with Crippen LogP contribution >= 0.6 is 0 Å². The van der Waals surface area contributed by atoms with Crippen molar-refractivity contribution < 1.29 is 8.42 Å². The predicted molar refractivity (Wildman–Crippen MR) is 91.3 cm³/mol. The second kappa shape index (κ2) is 6.78. The molecule has 1 atom stereocenters. The first-order valence-electron chi connectivity index (χ1n) is 7.69. The first-order valence-corrected chi connectivity index (χ1v) is 9.59. The molecule has 1 aliphatic heterocycles. The third kappa shape index (κ3) is 4.60. The summed E-state index contributed by atoms with van der Waals surface area (Å²) in [6, 6.07) is 14.3. The molecule has 6 heteroatoms. The molecule has 2 aromatic rings. The molecule has 0 radical (unpaired) electrons. The smallest absolute Gasteiger partial charge is 0.208 e. The van der Waals surface area contributed by atoms with Crippen LogP contribution in [0.25, 0.3) is 11.3 Å². The molecular formula is C17H21N3O2S. The molecule has 122 valence electrons. The Balaban J connectivity index is 1.65. The maximum Gasteiger partial charge on any atom is 0.208 e. The Morgan fingerprint density at radius 2 is 2.13 bits per heavy atom. The number of aromatic nitrogens is 1. The van der Waals surface area contributed by atoms with E-state index in [-0.39, 0.29) is 6.04 Å². The molecule has 0 bridgehead atoms. The summed E-state index contributed by atoms with van der Waals surface area (Å²) in [6.45, 7) is 2.48. The minimum Gasteiger partial charge on any atom is -0.297 e. The van der Waals surface area contributed by atoms with E-state index in [1.807, 2.05) is 24.3 Å². The van der Waals surface area contributed by atoms with Gasteiger partial charge in [-0.05, 0) is 30.2 Å². The minimum atomic E-state index is -3.13. The Morgan fingerprint density at radius 1 is 1.26 bits per heavy atom. The van der Waals surface area contributed by atoms with Crippen molar-refractivity contribution in [2.45, 2.75) is 19.0 Å². The maximum absolute atomic E-state index is 11.3. The van der Waals surface area contributed by atoms with E-state index in [9.17, 15) is 8.42 Å². The fourth-order valence-electron chi connectivity index (χ4n) is 3.00. The molecule has 0 spiro atoms. The number of hydrogen-bond donors (Lipinski definition) is 1. The normalized spacial score (nSPS) is 19.1. The van der Waals surface area contributed by atoms with Crippen molar-refractivity contribution in [3.63, 3.8) is 0 Å². The van der Waals surface area contributed by atoms with Gasteiger partial charge in [-0.3, -0.25) is 9.88 Å². The van der Waals surface area contributed by atoms with Crippen LogP contribution in [0.4, 0.5) is 0 Å². The Morgan fingerprint density at radius 3 is 2.87 bits per heavy atom. The average molecular weight is 331 g/mol. The van der Waals surface area contributed by atoms with Crippen molar-refractivity contribution in [1.82, 2.24) is 14.6 Å². The van der Waals surface area contributed by atoms with Crippen LogP contribution in [0.2, 0.25) is 0 Å². The highest BCUT2D eigenvalue weighted by atomic mass is 32.2. The van der Waals surface area contributed by atoms with Gasteiger partial charge in [0.25, 0.3) is 0 Å². The lowest BCUT2D eigenvalue weighted by Gasteiger charge is -2.16. The minimum absolute atomic E-state index is 0.0176. The predicted octanol–water partition coefficient (Wildman–Crippen LogP) is 1.87. The highest BCUT2D eigenvalue weighted by Gasteiger charge is 2.24. The zero-order valence-electron chi connectivity index (χ0n) is 13.1. The van der Waals surface area contributed by atoms with E-state index in [4.69, 9.17) is 0 Å². The van der Waals surface area contributed by atoms with Crippen molar-refractivity contribution in [2.24, 2.45) is 0 Å². The largest absolute Gasteiger partial charge is 0.297 e. The summed E-state index contributed by atoms with van der Waals surface area (Å²) < 4.78 is 25.3. The Labute approximate surface area is 137 Å². The van der Waals surface area contributed by atoms with E-state index in [1.165, 1.54) is 11.8 Å². The fraction of sp³-hybridized carbons (Fsp3) is 0.353. The molecule has 0 aliphatic carbocycles. The lowest BCUT2D eigenvalue weighted by molar-refractivity contribution is 0.325. The fourth-order valence-corrected chi connectivity index (χ4v) is 3.79. The standard InChI is InChI=1S/C17H21N3O2S/c1-23(21,22)19-16-8-10-20(13-16)12-14-5-4-6-15(11-14)17-7-2-3-9-18-17/h2-7,9,11,16,19H,8,10,12-13H2,1H3/t16-/m0/s1. The van der Waals surface area contributed by atoms with Crippen LogP contribution in [0.15, 0.2) is 48.7 Å². The van der Waals surface area contributed by atoms with Crippen LogP contribution in [-0.4, -0.2) is 43.7 Å². The Kier molecular flexibility index (Phi) is 4.75. The molecule has 1 fully saturated rings. The molecule has 1 aromatic carbocycles. The molecule has 5 nitrogen and oxygen atoms in total. The van der Waals surface area contributed by atoms with E-state index >= 15 is 0 Å². The third-order valence-corrected chi connectivity index (χ3v) is 4.71. The second-order valence-electron chi connectivity index (χ2n) is 6.03. The first kappa shape index (κ1) is 16.1. The van der Waals surface area contributed by atoms with Crippen LogP contribution in [0, 0.1) is 0 Å². The van der Waals surface area contributed by atoms with Gasteiger partial charge in [-0.2, -0.15) is 0 Å². The maximum atomic E-state index is 11.3. The molecule has 1 aromatic heterocycles. The summed E-state index contributed by atoms with van der Waals surface area (Å²) >= 11 is 0. The molecule has 1 aliphatic rings. The van der Waals surface area contributed by atoms with Crippen molar-refractivity contribution in [2.75, 3.05) is 19.3 Å². The van der Waals surface area contributed by atoms with Gasteiger partial charge in [0, 0.05) is 37.4 Å². The number of rotatable bonds is 5. The van der Waals surface area contributed by atoms with E-state index in [0.29, 0.717) is 0 Å². The number of benzene rings is 1. The van der Waals surface area contributed by atoms with Crippen LogP contribution in [0.5, 0.6) is 0 Å². The second-order valence-corrected chi connectivity index (χ2v) is 7.81. The van der Waals surface area contributed by atoms with Crippen molar-refractivity contribution in [3.8, 4) is 11.3 Å². The number of likely N-dealkylation sites (tertiary alicyclic amines) is 1. The molecule has 2 heterocycles. The number of nitrogens with one attached hydrogen (secondary N) is 1. The zero-order valence-corrected chi connectivity index (χ0v) is 14.0. The molecule has 23 heavy (non-hydrogen) atoms. The lowest BCUT2D eigenvalue weighted by Crippen LogP contribution is -2.36. The molecule has 0 saturated carbocycles. The highest BCUT2D eigenvalue weighted by Crippen LogP contribution is 2.20. The summed E-state index contributed by atoms with van der Waals surface area (Å²) in [6.07, 6.45) is 3.86. The van der Waals surface area contributed by atoms with Gasteiger partial charge < -0.3 is 0 Å². The molecule has 1 saturated heterocycles. The first-order chi connectivity index (χ1) is 11.0. The van der Waals surface area contributed by atoms with Gasteiger partial charge >= 0.3 is 0 Å². The number of pyridine rings is 1. The van der Waals surface area contributed by atoms with Gasteiger partial charge in [0.2, 0.25) is 10.0 Å². The molecule has 0 amide bonds. The van der Waals surface area contributed by atoms with E-state index in [2.05, 4.69) is 32.8 Å². The molecule has 3 rings (SSSR count). The van der Waals surface area contributed by atoms with Crippen molar-refractivity contribution in [1.29, 1.82) is 0 Å². The van der Waals surface area contributed by atoms with E-state index in [0.717, 1.165) is 37.3 Å². The van der Waals surface area contributed by atoms with E-state index < -0.39 is 10.0 Å². The summed E-state index contributed by atoms with van der Waals surface area (Å²) in [7, 11) is -3.13. The quantitative estimate of drug-likeness (QED) is 0.908. The van der Waals surface area contributed by atoms with Gasteiger partial charge in [0.1, 0.15) is 0 Å². The summed E-state index contributed by atoms with van der Waals surface area (Å²) in [5.74, 6) is 0. The SMILES string of the molecule is CS(=O)(=O)N[C@H]1CCN(Cc2cccc(-c3ccccn3)c2)C1. The van der Waals surface area contributed by atoms with Crippen LogP contribution < -0.4 is 4.72 Å². The summed E-state index contributed by atoms with van der Waals surface area (Å²) in [5.41, 5.74) is 3.29. The zero-order chi connectivity index (χ0) is 16.3. The molecule has 1 N–H and O–H groups in total. The number of nitrogens with zero attached hydrogens (tertiary/aromatic N) is 2. The topological polar surface area (TPSA) is 62.3 Å². The lowest BCUT2D eigenvalue weighted by atomic mass is 10.1. The average Bonchev–Trinajstić information content (AvgIpc) is 2.93. The third-order valence-electron chi connectivity index (χ3n) is 3.95. The summed E-state index contributed by atoms with van der Waals surface area (Å²) in [5, 5.41) is 0. The number of hydrogen-bond acceptors (Lipinski definition) is 4. The monoisotopic (exact) mass is 331 g/mol. The summed E-state index contributed by atoms with van der Waals surface area (Å²) in [4.78, 5) is 6.66. The van der Waals surface area contributed by atoms with Crippen molar-refractivity contribution in [3.05, 3.63) is 54.2 Å². The molecule has 0 unspecified atom stereocenters. The van der Waals surface area contributed by atoms with Crippen LogP contribution in [-0.2, 0) is 16.6 Å². The van der Waals surface area contributed by atoms with Crippen LogP contribution in [0.3, 0.4) is 0 Å². The highest BCUT2D eigenvalue weighted by molar-refractivity contribution is 7.88. The van der Waals surface area contributed by atoms with Gasteiger partial charge in [-0.1, -0.05) is 24.3 Å². The van der Waals surface area contributed by atoms with Gasteiger partial charge in [-0.25, -0.2) is 13.1 Å². The molecular weight excluding hydrogens is 310 g/mol. The van der Waals surface area contributed by atoms with Gasteiger partial charge in [-0.15, -0.1) is 0 Å². The van der Waals surface area contributed by atoms with Crippen molar-refractivity contribution >= 4 is 10.0 Å². The van der Waals surface area contributed by atoms with E-state index in [1.54, 1.807) is 6.20 Å².